The minimum atomic E-state index is -0.407. The predicted octanol–water partition coefficient (Wildman–Crippen LogP) is 0.139. The van der Waals surface area contributed by atoms with E-state index in [1.807, 2.05) is 0 Å². The molecule has 0 atom stereocenters. The van der Waals surface area contributed by atoms with Gasteiger partial charge < -0.3 is 28.8 Å². The van der Waals surface area contributed by atoms with Crippen molar-refractivity contribution in [3.8, 4) is 0 Å². The number of halogens is 3. The number of nitrogen functional groups attached to an aromatic ring is 1. The number of rotatable bonds is 5. The zero-order valence-corrected chi connectivity index (χ0v) is 15.5. The highest BCUT2D eigenvalue weighted by Crippen LogP contribution is 2.18. The third-order valence-corrected chi connectivity index (χ3v) is 3.93. The van der Waals surface area contributed by atoms with E-state index in [1.165, 1.54) is 18.3 Å². The van der Waals surface area contributed by atoms with Crippen LogP contribution in [-0.2, 0) is 6.54 Å². The lowest BCUT2D eigenvalue weighted by Gasteiger charge is -2.08. The largest absolute Gasteiger partial charge is 1.00 e. The van der Waals surface area contributed by atoms with E-state index in [0.29, 0.717) is 18.1 Å². The standard InChI is InChI=1S/C18H15ClFN5O.ClH/c19-16-13(2-1-9-22-16)18(26)24-14-7-8-15(25-17(14)21)23-10-11-3-5-12(20)6-4-11;/h1-9H,10H2,(H,24,26)(H3,21,23,25);1H. The Hall–Kier alpha value is -2.90. The van der Waals surface area contributed by atoms with Gasteiger partial charge in [-0.25, -0.2) is 14.4 Å². The van der Waals surface area contributed by atoms with Crippen LogP contribution >= 0.6 is 11.6 Å². The van der Waals surface area contributed by atoms with Crippen molar-refractivity contribution in [1.82, 2.24) is 4.98 Å². The Bertz CT molecular complexity index is 937. The van der Waals surface area contributed by atoms with Gasteiger partial charge in [-0.3, -0.25) is 4.79 Å². The van der Waals surface area contributed by atoms with Crippen LogP contribution in [0.4, 0.5) is 21.7 Å². The summed E-state index contributed by atoms with van der Waals surface area (Å²) in [5.41, 5.74) is 7.56. The number of hydrogen-bond acceptors (Lipinski definition) is 4. The maximum absolute atomic E-state index is 12.9. The highest BCUT2D eigenvalue weighted by atomic mass is 35.5. The van der Waals surface area contributed by atoms with Crippen LogP contribution in [0, 0.1) is 5.82 Å². The van der Waals surface area contributed by atoms with Crippen LogP contribution in [0.2, 0.25) is 5.15 Å². The molecular formula is C18H16Cl2FN5O. The Morgan fingerprint density at radius 1 is 1.19 bits per heavy atom. The number of aromatic amines is 1. The molecule has 1 aromatic carbocycles. The van der Waals surface area contributed by atoms with E-state index < -0.39 is 5.91 Å². The molecule has 0 spiro atoms. The van der Waals surface area contributed by atoms with E-state index in [9.17, 15) is 9.18 Å². The summed E-state index contributed by atoms with van der Waals surface area (Å²) in [5.74, 6) is 0.250. The molecule has 0 saturated carbocycles. The summed E-state index contributed by atoms with van der Waals surface area (Å²) in [7, 11) is 0. The first-order valence-electron chi connectivity index (χ1n) is 7.75. The van der Waals surface area contributed by atoms with Gasteiger partial charge in [-0.2, -0.15) is 0 Å². The van der Waals surface area contributed by atoms with Gasteiger partial charge in [0.25, 0.3) is 5.91 Å². The minimum absolute atomic E-state index is 0. The van der Waals surface area contributed by atoms with Crippen molar-refractivity contribution in [3.05, 3.63) is 76.8 Å². The topological polar surface area (TPSA) is 94.2 Å². The molecule has 0 fully saturated rings. The first-order chi connectivity index (χ1) is 12.5. The molecule has 3 rings (SSSR count). The van der Waals surface area contributed by atoms with Gasteiger partial charge in [0.15, 0.2) is 0 Å². The Kier molecular flexibility index (Phi) is 6.92. The predicted molar refractivity (Wildman–Crippen MR) is 98.3 cm³/mol. The van der Waals surface area contributed by atoms with Gasteiger partial charge in [-0.05, 0) is 35.9 Å². The quantitative estimate of drug-likeness (QED) is 0.524. The number of amides is 1. The Morgan fingerprint density at radius 3 is 2.59 bits per heavy atom. The molecule has 5 N–H and O–H groups in total. The van der Waals surface area contributed by atoms with Gasteiger partial charge in [0, 0.05) is 12.3 Å². The monoisotopic (exact) mass is 407 g/mol. The third-order valence-electron chi connectivity index (χ3n) is 3.62. The molecule has 0 radical (unpaired) electrons. The smallest absolute Gasteiger partial charge is 0.258 e. The number of benzene rings is 1. The highest BCUT2D eigenvalue weighted by Gasteiger charge is 2.14. The van der Waals surface area contributed by atoms with E-state index in [0.717, 1.165) is 5.56 Å². The van der Waals surface area contributed by atoms with E-state index in [4.69, 9.17) is 17.3 Å². The van der Waals surface area contributed by atoms with E-state index in [-0.39, 0.29) is 34.8 Å². The molecule has 2 heterocycles. The van der Waals surface area contributed by atoms with Crippen LogP contribution in [0.5, 0.6) is 0 Å². The molecule has 0 aliphatic carbocycles. The van der Waals surface area contributed by atoms with Crippen molar-refractivity contribution in [1.29, 1.82) is 0 Å². The molecule has 0 saturated heterocycles. The van der Waals surface area contributed by atoms with Crippen LogP contribution in [0.3, 0.4) is 0 Å². The van der Waals surface area contributed by atoms with Crippen LogP contribution in [0.1, 0.15) is 15.9 Å². The van der Waals surface area contributed by atoms with Crippen LogP contribution in [0.15, 0.2) is 54.7 Å². The van der Waals surface area contributed by atoms with Crippen molar-refractivity contribution >= 4 is 34.8 Å². The molecule has 0 bridgehead atoms. The lowest BCUT2D eigenvalue weighted by atomic mass is 10.2. The van der Waals surface area contributed by atoms with Crippen LogP contribution < -0.4 is 33.8 Å². The summed E-state index contributed by atoms with van der Waals surface area (Å²) in [6.45, 7) is 0.493. The maximum Gasteiger partial charge on any atom is 0.258 e. The first kappa shape index (κ1) is 20.4. The number of carbonyl (C=O) groups excluding carboxylic acids is 1. The fourth-order valence-electron chi connectivity index (χ4n) is 2.27. The number of hydrogen-bond donors (Lipinski definition) is 3. The highest BCUT2D eigenvalue weighted by molar-refractivity contribution is 6.33. The van der Waals surface area contributed by atoms with Crippen LogP contribution in [-0.4, -0.2) is 10.9 Å². The summed E-state index contributed by atoms with van der Waals surface area (Å²) < 4.78 is 12.9. The number of nitrogens with two attached hydrogens (primary N) is 1. The number of H-pyrrole nitrogens is 1. The van der Waals surface area contributed by atoms with Crippen molar-refractivity contribution in [2.45, 2.75) is 6.54 Å². The maximum atomic E-state index is 12.9. The third kappa shape index (κ3) is 5.29. The molecule has 3 aromatic rings. The van der Waals surface area contributed by atoms with E-state index in [2.05, 4.69) is 20.6 Å². The Morgan fingerprint density at radius 2 is 1.93 bits per heavy atom. The second kappa shape index (κ2) is 9.16. The van der Waals surface area contributed by atoms with Gasteiger partial charge >= 0.3 is 0 Å². The summed E-state index contributed by atoms with van der Waals surface area (Å²) in [6.07, 6.45) is 1.50. The lowest BCUT2D eigenvalue weighted by Crippen LogP contribution is -3.00. The van der Waals surface area contributed by atoms with Gasteiger partial charge in [0.1, 0.15) is 16.7 Å². The molecule has 140 valence electrons. The summed E-state index contributed by atoms with van der Waals surface area (Å²) >= 11 is 5.92. The van der Waals surface area contributed by atoms with Crippen LogP contribution in [0.25, 0.3) is 0 Å². The molecule has 2 aromatic heterocycles. The van der Waals surface area contributed by atoms with Crippen molar-refractivity contribution < 1.29 is 26.6 Å². The molecule has 27 heavy (non-hydrogen) atoms. The number of aromatic nitrogens is 2. The number of anilines is 3. The molecular weight excluding hydrogens is 392 g/mol. The number of pyridine rings is 2. The first-order valence-corrected chi connectivity index (χ1v) is 8.13. The van der Waals surface area contributed by atoms with Gasteiger partial charge in [0.05, 0.1) is 12.1 Å². The fourth-order valence-corrected chi connectivity index (χ4v) is 2.47. The lowest BCUT2D eigenvalue weighted by molar-refractivity contribution is -0.342. The van der Waals surface area contributed by atoms with E-state index >= 15 is 0 Å². The SMILES string of the molecule is Nc1[nH+]c(NCc2ccc(F)cc2)ccc1NC(=O)c1cccnc1Cl.[Cl-]. The molecule has 9 heteroatoms. The fraction of sp³-hybridized carbons (Fsp3) is 0.0556. The number of nitrogens with one attached hydrogen (secondary N) is 3. The van der Waals surface area contributed by atoms with Crippen molar-refractivity contribution in [2.75, 3.05) is 16.4 Å². The number of nitrogens with zero attached hydrogens (tertiary/aromatic N) is 1. The van der Waals surface area contributed by atoms with Gasteiger partial charge in [0.2, 0.25) is 11.6 Å². The molecule has 1 amide bonds. The average Bonchev–Trinajstić information content (AvgIpc) is 2.63. The Balaban J connectivity index is 0.00000261. The minimum Gasteiger partial charge on any atom is -1.00 e. The molecule has 6 nitrogen and oxygen atoms in total. The Labute approximate surface area is 166 Å². The summed E-state index contributed by atoms with van der Waals surface area (Å²) in [6, 6.07) is 12.8. The summed E-state index contributed by atoms with van der Waals surface area (Å²) in [4.78, 5) is 19.1. The van der Waals surface area contributed by atoms with Gasteiger partial charge in [-0.1, -0.05) is 23.7 Å². The zero-order valence-electron chi connectivity index (χ0n) is 14.0. The normalized spacial score (nSPS) is 10.0. The zero-order chi connectivity index (χ0) is 18.5. The second-order valence-corrected chi connectivity index (χ2v) is 5.83. The molecule has 0 aliphatic heterocycles. The molecule has 0 aliphatic rings. The van der Waals surface area contributed by atoms with Crippen molar-refractivity contribution in [2.24, 2.45) is 0 Å². The molecule has 0 unspecified atom stereocenters. The van der Waals surface area contributed by atoms with Gasteiger partial charge in [-0.15, -0.1) is 0 Å². The van der Waals surface area contributed by atoms with E-state index in [1.54, 1.807) is 36.4 Å². The van der Waals surface area contributed by atoms with Crippen molar-refractivity contribution in [3.63, 3.8) is 0 Å². The second-order valence-electron chi connectivity index (χ2n) is 5.48. The average molecular weight is 408 g/mol. The number of carbonyl (C=O) groups is 1. The summed E-state index contributed by atoms with van der Waals surface area (Å²) in [5, 5.41) is 5.94.